The van der Waals surface area contributed by atoms with Crippen LogP contribution in [0.3, 0.4) is 0 Å². The summed E-state index contributed by atoms with van der Waals surface area (Å²) in [4.78, 5) is 3.92. The molecule has 0 bridgehead atoms. The van der Waals surface area contributed by atoms with Crippen LogP contribution in [-0.2, 0) is 16.6 Å². The fourth-order valence-electron chi connectivity index (χ4n) is 1.72. The molecule has 5 nitrogen and oxygen atoms in total. The van der Waals surface area contributed by atoms with Gasteiger partial charge in [0.05, 0.1) is 10.7 Å². The zero-order valence-electron chi connectivity index (χ0n) is 11.1. The van der Waals surface area contributed by atoms with Crippen molar-refractivity contribution in [2.75, 3.05) is 5.73 Å². The summed E-state index contributed by atoms with van der Waals surface area (Å²) in [5.74, 6) is 0. The lowest BCUT2D eigenvalue weighted by Crippen LogP contribution is -2.24. The van der Waals surface area contributed by atoms with Crippen molar-refractivity contribution in [2.24, 2.45) is 0 Å². The zero-order valence-corrected chi connectivity index (χ0v) is 13.4. The highest BCUT2D eigenvalue weighted by atomic mass is 35.5. The highest BCUT2D eigenvalue weighted by Gasteiger charge is 2.21. The Bertz CT molecular complexity index is 738. The maximum absolute atomic E-state index is 12.3. The molecule has 8 heteroatoms. The molecule has 0 aliphatic rings. The number of aryl methyl sites for hydroxylation is 1. The van der Waals surface area contributed by atoms with Crippen molar-refractivity contribution in [1.82, 2.24) is 9.71 Å². The summed E-state index contributed by atoms with van der Waals surface area (Å²) in [6.45, 7) is 1.94. The van der Waals surface area contributed by atoms with E-state index in [4.69, 9.17) is 28.9 Å². The molecule has 1 heterocycles. The molecule has 21 heavy (non-hydrogen) atoms. The molecule has 0 saturated carbocycles. The molecular weight excluding hydrogens is 333 g/mol. The molecule has 0 spiro atoms. The first-order valence-corrected chi connectivity index (χ1v) is 8.19. The molecule has 1 aromatic carbocycles. The topological polar surface area (TPSA) is 85.1 Å². The van der Waals surface area contributed by atoms with Crippen LogP contribution in [0.5, 0.6) is 0 Å². The number of benzene rings is 1. The van der Waals surface area contributed by atoms with Crippen LogP contribution in [0, 0.1) is 6.92 Å². The van der Waals surface area contributed by atoms with Gasteiger partial charge >= 0.3 is 0 Å². The summed E-state index contributed by atoms with van der Waals surface area (Å²) in [5.41, 5.74) is 7.28. The highest BCUT2D eigenvalue weighted by Crippen LogP contribution is 2.31. The zero-order chi connectivity index (χ0) is 15.6. The van der Waals surface area contributed by atoms with Gasteiger partial charge in [-0.25, -0.2) is 13.1 Å². The highest BCUT2D eigenvalue weighted by molar-refractivity contribution is 7.89. The second-order valence-corrected chi connectivity index (χ2v) is 6.99. The normalized spacial score (nSPS) is 11.6. The van der Waals surface area contributed by atoms with Crippen molar-refractivity contribution >= 4 is 38.9 Å². The number of rotatable bonds is 4. The molecule has 3 N–H and O–H groups in total. The monoisotopic (exact) mass is 345 g/mol. The number of halogens is 2. The van der Waals surface area contributed by atoms with E-state index in [0.717, 1.165) is 11.3 Å². The second kappa shape index (κ2) is 6.19. The van der Waals surface area contributed by atoms with Crippen LogP contribution in [0.4, 0.5) is 5.69 Å². The molecule has 0 saturated heterocycles. The summed E-state index contributed by atoms with van der Waals surface area (Å²) in [5, 5.41) is 0.258. The number of aromatic nitrogens is 1. The largest absolute Gasteiger partial charge is 0.398 e. The number of sulfonamides is 1. The Labute approximate surface area is 133 Å². The molecule has 0 radical (unpaired) electrons. The molecule has 0 unspecified atom stereocenters. The van der Waals surface area contributed by atoms with E-state index in [2.05, 4.69) is 9.71 Å². The third-order valence-electron chi connectivity index (χ3n) is 2.74. The third-order valence-corrected chi connectivity index (χ3v) is 4.89. The van der Waals surface area contributed by atoms with E-state index in [9.17, 15) is 8.42 Å². The van der Waals surface area contributed by atoms with Crippen molar-refractivity contribution in [2.45, 2.75) is 18.4 Å². The Morgan fingerprint density at radius 3 is 2.57 bits per heavy atom. The van der Waals surface area contributed by atoms with Crippen LogP contribution in [0.15, 0.2) is 35.4 Å². The molecule has 2 rings (SSSR count). The number of hydrogen-bond acceptors (Lipinski definition) is 4. The fraction of sp³-hybridized carbons (Fsp3) is 0.154. The Kier molecular flexibility index (Phi) is 4.73. The van der Waals surface area contributed by atoms with Crippen LogP contribution in [-0.4, -0.2) is 13.4 Å². The molecule has 1 aromatic heterocycles. The molecule has 112 valence electrons. The van der Waals surface area contributed by atoms with Gasteiger partial charge in [-0.1, -0.05) is 29.3 Å². The Morgan fingerprint density at radius 2 is 2.00 bits per heavy atom. The summed E-state index contributed by atoms with van der Waals surface area (Å²) in [7, 11) is -3.84. The smallest absolute Gasteiger partial charge is 0.244 e. The van der Waals surface area contributed by atoms with Crippen LogP contribution >= 0.6 is 23.2 Å². The fourth-order valence-corrected chi connectivity index (χ4v) is 3.72. The van der Waals surface area contributed by atoms with E-state index >= 15 is 0 Å². The van der Waals surface area contributed by atoms with Gasteiger partial charge in [-0.05, 0) is 30.7 Å². The Balaban J connectivity index is 2.25. The van der Waals surface area contributed by atoms with Crippen molar-refractivity contribution in [3.63, 3.8) is 0 Å². The van der Waals surface area contributed by atoms with Gasteiger partial charge < -0.3 is 5.73 Å². The minimum Gasteiger partial charge on any atom is -0.398 e. The lowest BCUT2D eigenvalue weighted by molar-refractivity contribution is 0.581. The van der Waals surface area contributed by atoms with Gasteiger partial charge in [0.2, 0.25) is 10.0 Å². The lowest BCUT2D eigenvalue weighted by Gasteiger charge is -2.11. The summed E-state index contributed by atoms with van der Waals surface area (Å²) in [6.07, 6.45) is 1.60. The number of nitrogen functional groups attached to an aromatic ring is 1. The first kappa shape index (κ1) is 16.0. The van der Waals surface area contributed by atoms with E-state index in [0.29, 0.717) is 0 Å². The molecule has 2 aromatic rings. The number of pyridine rings is 1. The predicted molar refractivity (Wildman–Crippen MR) is 83.9 cm³/mol. The summed E-state index contributed by atoms with van der Waals surface area (Å²) in [6, 6.07) is 6.27. The van der Waals surface area contributed by atoms with E-state index in [1.54, 1.807) is 18.3 Å². The van der Waals surface area contributed by atoms with Crippen LogP contribution in [0.1, 0.15) is 11.3 Å². The van der Waals surface area contributed by atoms with E-state index < -0.39 is 10.0 Å². The van der Waals surface area contributed by atoms with Gasteiger partial charge in [0.1, 0.15) is 4.90 Å². The van der Waals surface area contributed by atoms with E-state index in [1.165, 1.54) is 12.1 Å². The molecule has 0 atom stereocenters. The maximum atomic E-state index is 12.3. The van der Waals surface area contributed by atoms with Crippen molar-refractivity contribution in [3.05, 3.63) is 51.8 Å². The first-order chi connectivity index (χ1) is 9.79. The van der Waals surface area contributed by atoms with E-state index in [-0.39, 0.29) is 27.2 Å². The Hall–Kier alpha value is -1.34. The number of nitrogens with zero attached hydrogens (tertiary/aromatic N) is 1. The SMILES string of the molecule is Cc1ccc(CNS(=O)(=O)c2c(N)cc(Cl)cc2Cl)cn1. The molecular formula is C13H13Cl2N3O2S. The van der Waals surface area contributed by atoms with E-state index in [1.807, 2.05) is 6.92 Å². The molecule has 0 aliphatic carbocycles. The van der Waals surface area contributed by atoms with Crippen LogP contribution in [0.25, 0.3) is 0 Å². The molecule has 0 aliphatic heterocycles. The maximum Gasteiger partial charge on any atom is 0.244 e. The van der Waals surface area contributed by atoms with Gasteiger partial charge in [0, 0.05) is 23.5 Å². The number of anilines is 1. The van der Waals surface area contributed by atoms with Gasteiger partial charge in [-0.15, -0.1) is 0 Å². The summed E-state index contributed by atoms with van der Waals surface area (Å²) < 4.78 is 27.0. The van der Waals surface area contributed by atoms with Gasteiger partial charge in [0.15, 0.2) is 0 Å². The van der Waals surface area contributed by atoms with Gasteiger partial charge in [0.25, 0.3) is 0 Å². The Morgan fingerprint density at radius 1 is 1.29 bits per heavy atom. The number of nitrogens with two attached hydrogens (primary N) is 1. The predicted octanol–water partition coefficient (Wildman–Crippen LogP) is 2.76. The van der Waals surface area contributed by atoms with Gasteiger partial charge in [-0.2, -0.15) is 0 Å². The molecule has 0 fully saturated rings. The molecule has 0 amide bonds. The average molecular weight is 346 g/mol. The standard InChI is InChI=1S/C13H13Cl2N3O2S/c1-8-2-3-9(6-17-8)7-18-21(19,20)13-11(15)4-10(14)5-12(13)16/h2-6,18H,7,16H2,1H3. The number of nitrogens with one attached hydrogen (secondary N) is 1. The van der Waals surface area contributed by atoms with Crippen LogP contribution in [0.2, 0.25) is 10.0 Å². The second-order valence-electron chi connectivity index (χ2n) is 4.44. The lowest BCUT2D eigenvalue weighted by atomic mass is 10.2. The van der Waals surface area contributed by atoms with Crippen molar-refractivity contribution in [1.29, 1.82) is 0 Å². The minimum absolute atomic E-state index is 0.00188. The van der Waals surface area contributed by atoms with Gasteiger partial charge in [-0.3, -0.25) is 4.98 Å². The third kappa shape index (κ3) is 3.85. The number of hydrogen-bond donors (Lipinski definition) is 2. The van der Waals surface area contributed by atoms with Crippen molar-refractivity contribution < 1.29 is 8.42 Å². The summed E-state index contributed by atoms with van der Waals surface area (Å²) >= 11 is 11.7. The average Bonchev–Trinajstić information content (AvgIpc) is 2.36. The first-order valence-electron chi connectivity index (χ1n) is 5.95. The minimum atomic E-state index is -3.84. The quantitative estimate of drug-likeness (QED) is 0.834. The van der Waals surface area contributed by atoms with Crippen LogP contribution < -0.4 is 10.5 Å². The van der Waals surface area contributed by atoms with Crippen molar-refractivity contribution in [3.8, 4) is 0 Å².